The molecule has 1 amide bonds. The molecule has 2 aromatic carbocycles. The molecule has 0 spiro atoms. The highest BCUT2D eigenvalue weighted by atomic mass is 35.5. The molecular weight excluding hydrogens is 365 g/mol. The minimum Gasteiger partial charge on any atom is -0.331 e. The van der Waals surface area contributed by atoms with Crippen molar-refractivity contribution in [2.45, 2.75) is 37.3 Å². The summed E-state index contributed by atoms with van der Waals surface area (Å²) in [5.41, 5.74) is 4.02. The zero-order valence-electron chi connectivity index (χ0n) is 14.7. The van der Waals surface area contributed by atoms with Crippen LogP contribution >= 0.6 is 11.6 Å². The summed E-state index contributed by atoms with van der Waals surface area (Å²) in [6.07, 6.45) is 2.69. The monoisotopic (exact) mass is 381 g/mol. The van der Waals surface area contributed by atoms with Crippen LogP contribution in [0.15, 0.2) is 30.3 Å². The summed E-state index contributed by atoms with van der Waals surface area (Å²) in [6.45, 7) is 0. The second-order valence-electron chi connectivity index (χ2n) is 7.85. The van der Waals surface area contributed by atoms with Gasteiger partial charge < -0.3 is 9.47 Å². The van der Waals surface area contributed by atoms with Crippen molar-refractivity contribution in [1.29, 1.82) is 0 Å². The van der Waals surface area contributed by atoms with Crippen LogP contribution in [0.3, 0.4) is 0 Å². The second kappa shape index (κ2) is 5.10. The normalized spacial score (nSPS) is 23.5. The van der Waals surface area contributed by atoms with Crippen LogP contribution in [0.2, 0.25) is 5.02 Å². The number of benzene rings is 2. The molecule has 6 heteroatoms. The number of carbonyl (C=O) groups is 1. The Morgan fingerprint density at radius 1 is 1.15 bits per heavy atom. The van der Waals surface area contributed by atoms with E-state index in [4.69, 9.17) is 16.6 Å². The van der Waals surface area contributed by atoms with Gasteiger partial charge in [-0.05, 0) is 60.2 Å². The van der Waals surface area contributed by atoms with Gasteiger partial charge in [-0.25, -0.2) is 9.37 Å². The van der Waals surface area contributed by atoms with E-state index in [2.05, 4.69) is 4.57 Å². The molecule has 1 aromatic heterocycles. The van der Waals surface area contributed by atoms with Crippen LogP contribution in [0, 0.1) is 5.82 Å². The molecule has 6 rings (SSSR count). The van der Waals surface area contributed by atoms with Gasteiger partial charge in [-0.1, -0.05) is 11.6 Å². The number of fused-ring (bicyclic) bond motifs is 9. The molecule has 0 N–H and O–H groups in total. The number of carbonyl (C=O) groups excluding carboxylic acids is 1. The van der Waals surface area contributed by atoms with Gasteiger partial charge in [-0.3, -0.25) is 4.79 Å². The maximum atomic E-state index is 14.9. The van der Waals surface area contributed by atoms with Crippen molar-refractivity contribution in [2.75, 3.05) is 7.05 Å². The molecule has 3 aromatic rings. The standard InChI is InChI=1S/C21H17ClFN3O/c1-25-17-9-16(26-15-8-11(22)4-7-14(15)24-20(17)26)19-12(21(25)27)5-6-13(23)18(19)10-2-3-10/h4-8,10,16-17H,2-3,9H2,1H3/t16-,17-/m1/s1. The molecule has 1 aliphatic carbocycles. The number of amides is 1. The van der Waals surface area contributed by atoms with Crippen molar-refractivity contribution in [2.24, 2.45) is 0 Å². The summed E-state index contributed by atoms with van der Waals surface area (Å²) in [4.78, 5) is 19.7. The maximum absolute atomic E-state index is 14.9. The minimum absolute atomic E-state index is 0.0456. The molecule has 2 bridgehead atoms. The Kier molecular flexibility index (Phi) is 2.96. The summed E-state index contributed by atoms with van der Waals surface area (Å²) >= 11 is 6.26. The topological polar surface area (TPSA) is 38.1 Å². The highest BCUT2D eigenvalue weighted by molar-refractivity contribution is 6.31. The lowest BCUT2D eigenvalue weighted by Crippen LogP contribution is -2.30. The van der Waals surface area contributed by atoms with Crippen molar-refractivity contribution < 1.29 is 9.18 Å². The highest BCUT2D eigenvalue weighted by Gasteiger charge is 2.46. The fourth-order valence-corrected chi connectivity index (χ4v) is 5.09. The second-order valence-corrected chi connectivity index (χ2v) is 8.29. The van der Waals surface area contributed by atoms with Gasteiger partial charge in [-0.2, -0.15) is 0 Å². The fraction of sp³-hybridized carbons (Fsp3) is 0.333. The molecule has 0 unspecified atom stereocenters. The van der Waals surface area contributed by atoms with Crippen molar-refractivity contribution in [3.8, 4) is 0 Å². The minimum atomic E-state index is -0.193. The molecule has 4 nitrogen and oxygen atoms in total. The van der Waals surface area contributed by atoms with Crippen LogP contribution in [0.1, 0.15) is 64.6 Å². The molecule has 136 valence electrons. The number of hydrogen-bond donors (Lipinski definition) is 0. The van der Waals surface area contributed by atoms with E-state index in [1.165, 1.54) is 6.07 Å². The molecule has 3 heterocycles. The first-order valence-corrected chi connectivity index (χ1v) is 9.69. The largest absolute Gasteiger partial charge is 0.331 e. The molecule has 27 heavy (non-hydrogen) atoms. The van der Waals surface area contributed by atoms with Crippen LogP contribution in [0.4, 0.5) is 4.39 Å². The van der Waals surface area contributed by atoms with Crippen molar-refractivity contribution >= 4 is 28.5 Å². The Morgan fingerprint density at radius 3 is 2.74 bits per heavy atom. The third kappa shape index (κ3) is 1.98. The predicted octanol–water partition coefficient (Wildman–Crippen LogP) is 4.83. The van der Waals surface area contributed by atoms with Gasteiger partial charge in [0.25, 0.3) is 5.91 Å². The molecule has 1 fully saturated rings. The van der Waals surface area contributed by atoms with Gasteiger partial charge in [0.2, 0.25) is 0 Å². The van der Waals surface area contributed by atoms with Gasteiger partial charge >= 0.3 is 0 Å². The van der Waals surface area contributed by atoms with Crippen molar-refractivity contribution in [3.05, 3.63) is 63.7 Å². The third-order valence-corrected chi connectivity index (χ3v) is 6.54. The molecule has 2 aliphatic heterocycles. The van der Waals surface area contributed by atoms with Gasteiger partial charge in [-0.15, -0.1) is 0 Å². The Hall–Kier alpha value is -2.40. The number of hydrogen-bond acceptors (Lipinski definition) is 2. The molecule has 3 aliphatic rings. The first kappa shape index (κ1) is 15.6. The zero-order chi connectivity index (χ0) is 18.4. The van der Waals surface area contributed by atoms with Crippen LogP contribution < -0.4 is 0 Å². The van der Waals surface area contributed by atoms with Crippen molar-refractivity contribution in [1.82, 2.24) is 14.5 Å². The number of imidazole rings is 1. The van der Waals surface area contributed by atoms with E-state index in [-0.39, 0.29) is 29.7 Å². The molecule has 0 radical (unpaired) electrons. The van der Waals surface area contributed by atoms with Gasteiger partial charge in [0.1, 0.15) is 11.6 Å². The third-order valence-electron chi connectivity index (χ3n) is 6.31. The van der Waals surface area contributed by atoms with E-state index in [0.29, 0.717) is 10.6 Å². The van der Waals surface area contributed by atoms with E-state index < -0.39 is 0 Å². The van der Waals surface area contributed by atoms with Crippen LogP contribution in [0.25, 0.3) is 11.0 Å². The SMILES string of the molecule is CN1C(=O)c2ccc(F)c(C3CC3)c2[C@H]2C[C@@H]1c1nc3ccc(Cl)cc3n12. The molecular formula is C21H17ClFN3O. The lowest BCUT2D eigenvalue weighted by Gasteiger charge is -2.25. The fourth-order valence-electron chi connectivity index (χ4n) is 4.92. The summed E-state index contributed by atoms with van der Waals surface area (Å²) in [5.74, 6) is 0.846. The van der Waals surface area contributed by atoms with Crippen molar-refractivity contribution in [3.63, 3.8) is 0 Å². The molecule has 1 saturated carbocycles. The van der Waals surface area contributed by atoms with Gasteiger partial charge in [0.05, 0.1) is 23.1 Å². The van der Waals surface area contributed by atoms with E-state index in [1.807, 2.05) is 25.2 Å². The van der Waals surface area contributed by atoms with Gasteiger partial charge in [0, 0.05) is 24.1 Å². The van der Waals surface area contributed by atoms with Crippen LogP contribution in [-0.2, 0) is 0 Å². The van der Waals surface area contributed by atoms with Crippen LogP contribution in [0.5, 0.6) is 0 Å². The van der Waals surface area contributed by atoms with E-state index in [9.17, 15) is 9.18 Å². The quantitative estimate of drug-likeness (QED) is 0.605. The molecule has 2 atom stereocenters. The van der Waals surface area contributed by atoms with E-state index in [1.54, 1.807) is 11.0 Å². The predicted molar refractivity (Wildman–Crippen MR) is 101 cm³/mol. The summed E-state index contributed by atoms with van der Waals surface area (Å²) < 4.78 is 17.0. The van der Waals surface area contributed by atoms with E-state index in [0.717, 1.165) is 47.2 Å². The van der Waals surface area contributed by atoms with E-state index >= 15 is 0 Å². The highest BCUT2D eigenvalue weighted by Crippen LogP contribution is 2.52. The smallest absolute Gasteiger partial charge is 0.254 e. The first-order chi connectivity index (χ1) is 13.0. The molecule has 0 saturated heterocycles. The maximum Gasteiger partial charge on any atom is 0.254 e. The zero-order valence-corrected chi connectivity index (χ0v) is 15.5. The number of halogens is 2. The Balaban J connectivity index is 1.71. The van der Waals surface area contributed by atoms with Crippen LogP contribution in [-0.4, -0.2) is 27.4 Å². The Labute approximate surface area is 160 Å². The average Bonchev–Trinajstić information content (AvgIpc) is 3.34. The lowest BCUT2D eigenvalue weighted by atomic mass is 9.90. The Morgan fingerprint density at radius 2 is 1.96 bits per heavy atom. The lowest BCUT2D eigenvalue weighted by molar-refractivity contribution is 0.0734. The Bertz CT molecular complexity index is 1150. The summed E-state index contributed by atoms with van der Waals surface area (Å²) in [7, 11) is 1.82. The van der Waals surface area contributed by atoms with Gasteiger partial charge in [0.15, 0.2) is 0 Å². The average molecular weight is 382 g/mol. The first-order valence-electron chi connectivity index (χ1n) is 9.31. The summed E-state index contributed by atoms with van der Waals surface area (Å²) in [5, 5.41) is 0.649. The number of aromatic nitrogens is 2. The number of nitrogens with zero attached hydrogens (tertiary/aromatic N) is 3. The summed E-state index contributed by atoms with van der Waals surface area (Å²) in [6, 6.07) is 8.56. The number of rotatable bonds is 1.